The van der Waals surface area contributed by atoms with Gasteiger partial charge in [-0.2, -0.15) is 5.10 Å². The lowest BCUT2D eigenvalue weighted by Crippen LogP contribution is -2.24. The number of hydrazone groups is 1. The van der Waals surface area contributed by atoms with E-state index in [1.807, 2.05) is 73.7 Å². The third-order valence-electron chi connectivity index (χ3n) is 5.01. The Morgan fingerprint density at radius 2 is 1.62 bits per heavy atom. The van der Waals surface area contributed by atoms with Crippen molar-refractivity contribution in [2.24, 2.45) is 5.10 Å². The first-order valence-corrected chi connectivity index (χ1v) is 10.4. The van der Waals surface area contributed by atoms with E-state index in [1.54, 1.807) is 6.21 Å². The third kappa shape index (κ3) is 5.52. The van der Waals surface area contributed by atoms with E-state index in [9.17, 15) is 4.79 Å². The van der Waals surface area contributed by atoms with E-state index in [0.717, 1.165) is 22.4 Å². The summed E-state index contributed by atoms with van der Waals surface area (Å²) in [6, 6.07) is 29.6. The zero-order valence-corrected chi connectivity index (χ0v) is 17.8. The summed E-state index contributed by atoms with van der Waals surface area (Å²) in [5.74, 6) is 1.14. The molecule has 5 heteroatoms. The van der Waals surface area contributed by atoms with Crippen molar-refractivity contribution in [2.45, 2.75) is 13.5 Å². The van der Waals surface area contributed by atoms with E-state index in [4.69, 9.17) is 9.47 Å². The lowest BCUT2D eigenvalue weighted by atomic mass is 10.1. The van der Waals surface area contributed by atoms with Crippen molar-refractivity contribution < 1.29 is 14.3 Å². The van der Waals surface area contributed by atoms with Gasteiger partial charge in [0.1, 0.15) is 18.1 Å². The zero-order valence-electron chi connectivity index (χ0n) is 17.8. The minimum atomic E-state index is -0.320. The predicted molar refractivity (Wildman–Crippen MR) is 127 cm³/mol. The highest BCUT2D eigenvalue weighted by molar-refractivity contribution is 5.85. The van der Waals surface area contributed by atoms with Gasteiger partial charge >= 0.3 is 0 Å². The Kier molecular flexibility index (Phi) is 6.78. The third-order valence-corrected chi connectivity index (χ3v) is 5.01. The molecule has 4 rings (SSSR count). The smallest absolute Gasteiger partial charge is 0.277 e. The van der Waals surface area contributed by atoms with Crippen molar-refractivity contribution in [1.29, 1.82) is 0 Å². The van der Waals surface area contributed by atoms with E-state index in [2.05, 4.69) is 34.8 Å². The van der Waals surface area contributed by atoms with Gasteiger partial charge in [0, 0.05) is 0 Å². The largest absolute Gasteiger partial charge is 0.489 e. The van der Waals surface area contributed by atoms with Gasteiger partial charge in [-0.3, -0.25) is 4.79 Å². The lowest BCUT2D eigenvalue weighted by Gasteiger charge is -2.09. The molecule has 0 atom stereocenters. The molecule has 0 aliphatic rings. The number of fused-ring (bicyclic) bond motifs is 1. The van der Waals surface area contributed by atoms with E-state index in [0.29, 0.717) is 12.4 Å². The number of carbonyl (C=O) groups excluding carboxylic acids is 1. The second-order valence-corrected chi connectivity index (χ2v) is 7.34. The van der Waals surface area contributed by atoms with Crippen LogP contribution in [0.2, 0.25) is 0 Å². The summed E-state index contributed by atoms with van der Waals surface area (Å²) in [6.45, 7) is 2.33. The molecule has 0 aliphatic carbocycles. The molecule has 0 unspecified atom stereocenters. The van der Waals surface area contributed by atoms with Crippen LogP contribution in [0.4, 0.5) is 0 Å². The number of nitrogens with one attached hydrogen (secondary N) is 1. The van der Waals surface area contributed by atoms with Crippen molar-refractivity contribution >= 4 is 22.9 Å². The molecule has 0 heterocycles. The number of para-hydroxylation sites is 1. The fourth-order valence-electron chi connectivity index (χ4n) is 3.30. The first-order valence-electron chi connectivity index (χ1n) is 10.4. The van der Waals surface area contributed by atoms with Gasteiger partial charge in [-0.15, -0.1) is 0 Å². The van der Waals surface area contributed by atoms with Crippen molar-refractivity contribution in [2.75, 3.05) is 6.61 Å². The fourth-order valence-corrected chi connectivity index (χ4v) is 3.30. The Bertz CT molecular complexity index is 1230. The molecule has 0 bridgehead atoms. The molecule has 160 valence electrons. The molecular formula is C27H24N2O3. The Morgan fingerprint density at radius 3 is 2.47 bits per heavy atom. The van der Waals surface area contributed by atoms with Crippen LogP contribution in [0.5, 0.6) is 11.5 Å². The number of hydrogen-bond donors (Lipinski definition) is 1. The highest BCUT2D eigenvalue weighted by atomic mass is 16.5. The Morgan fingerprint density at radius 1 is 0.875 bits per heavy atom. The molecule has 0 saturated carbocycles. The zero-order chi connectivity index (χ0) is 22.2. The first-order chi connectivity index (χ1) is 15.7. The molecule has 0 spiro atoms. The number of hydrogen-bond acceptors (Lipinski definition) is 4. The van der Waals surface area contributed by atoms with Crippen LogP contribution in [-0.2, 0) is 11.4 Å². The maximum atomic E-state index is 11.9. The summed E-state index contributed by atoms with van der Waals surface area (Å²) in [7, 11) is 0. The summed E-state index contributed by atoms with van der Waals surface area (Å²) in [5.41, 5.74) is 5.44. The number of nitrogens with zero attached hydrogens (tertiary/aromatic N) is 1. The second-order valence-electron chi connectivity index (χ2n) is 7.34. The second kappa shape index (κ2) is 10.3. The lowest BCUT2D eigenvalue weighted by molar-refractivity contribution is -0.123. The van der Waals surface area contributed by atoms with Crippen molar-refractivity contribution in [3.8, 4) is 11.5 Å². The van der Waals surface area contributed by atoms with Gasteiger partial charge in [-0.25, -0.2) is 5.43 Å². The maximum absolute atomic E-state index is 11.9. The van der Waals surface area contributed by atoms with Gasteiger partial charge in [-0.1, -0.05) is 60.7 Å². The Labute approximate surface area is 187 Å². The molecule has 1 amide bonds. The monoisotopic (exact) mass is 424 g/mol. The molecule has 0 fully saturated rings. The van der Waals surface area contributed by atoms with Crippen LogP contribution < -0.4 is 14.9 Å². The molecule has 4 aromatic rings. The van der Waals surface area contributed by atoms with E-state index >= 15 is 0 Å². The van der Waals surface area contributed by atoms with Crippen LogP contribution in [0.25, 0.3) is 10.8 Å². The van der Waals surface area contributed by atoms with Crippen molar-refractivity contribution in [3.63, 3.8) is 0 Å². The highest BCUT2D eigenvalue weighted by Crippen LogP contribution is 2.21. The molecule has 0 aliphatic heterocycles. The van der Waals surface area contributed by atoms with Crippen molar-refractivity contribution in [3.05, 3.63) is 108 Å². The first kappa shape index (κ1) is 21.1. The summed E-state index contributed by atoms with van der Waals surface area (Å²) >= 11 is 0. The molecular weight excluding hydrogens is 400 g/mol. The van der Waals surface area contributed by atoms with Gasteiger partial charge in [0.05, 0.1) is 6.21 Å². The fraction of sp³-hybridized carbons (Fsp3) is 0.111. The molecule has 32 heavy (non-hydrogen) atoms. The van der Waals surface area contributed by atoms with Crippen LogP contribution >= 0.6 is 0 Å². The number of benzene rings is 4. The minimum absolute atomic E-state index is 0.0941. The number of amides is 1. The quantitative estimate of drug-likeness (QED) is 0.310. The van der Waals surface area contributed by atoms with Crippen LogP contribution in [0.3, 0.4) is 0 Å². The van der Waals surface area contributed by atoms with Gasteiger partial charge in [0.2, 0.25) is 0 Å². The number of carbonyl (C=O) groups is 1. The van der Waals surface area contributed by atoms with Crippen LogP contribution in [0, 0.1) is 6.92 Å². The molecule has 4 aromatic carbocycles. The van der Waals surface area contributed by atoms with Crippen LogP contribution in [-0.4, -0.2) is 18.7 Å². The molecule has 0 saturated heterocycles. The summed E-state index contributed by atoms with van der Waals surface area (Å²) < 4.78 is 11.5. The molecule has 1 N–H and O–H groups in total. The van der Waals surface area contributed by atoms with Crippen LogP contribution in [0.15, 0.2) is 96.1 Å². The number of ether oxygens (including phenoxy) is 2. The Balaban J connectivity index is 1.26. The van der Waals surface area contributed by atoms with Gasteiger partial charge in [0.25, 0.3) is 5.91 Å². The normalized spacial score (nSPS) is 10.9. The van der Waals surface area contributed by atoms with Gasteiger partial charge in [-0.05, 0) is 64.7 Å². The SMILES string of the molecule is Cc1ccccc1OCC(=O)N/N=C\c1ccc(OCc2cccc3ccccc23)cc1. The standard InChI is InChI=1S/C27H24N2O3/c1-20-7-2-5-12-26(20)32-19-27(30)29-28-17-21-13-15-24(16-14-21)31-18-23-10-6-9-22-8-3-4-11-25(22)23/h2-17H,18-19H2,1H3,(H,29,30)/b28-17-. The molecule has 5 nitrogen and oxygen atoms in total. The average molecular weight is 425 g/mol. The molecule has 0 aromatic heterocycles. The molecule has 0 radical (unpaired) electrons. The van der Waals surface area contributed by atoms with Gasteiger partial charge < -0.3 is 9.47 Å². The predicted octanol–water partition coefficient (Wildman–Crippen LogP) is 5.26. The summed E-state index contributed by atoms with van der Waals surface area (Å²) in [5, 5.41) is 6.38. The highest BCUT2D eigenvalue weighted by Gasteiger charge is 2.04. The van der Waals surface area contributed by atoms with E-state index in [-0.39, 0.29) is 12.5 Å². The topological polar surface area (TPSA) is 59.9 Å². The van der Waals surface area contributed by atoms with Crippen LogP contribution in [0.1, 0.15) is 16.7 Å². The average Bonchev–Trinajstić information content (AvgIpc) is 2.83. The van der Waals surface area contributed by atoms with E-state index < -0.39 is 0 Å². The number of rotatable bonds is 8. The summed E-state index contributed by atoms with van der Waals surface area (Å²) in [4.78, 5) is 11.9. The Hall–Kier alpha value is -4.12. The maximum Gasteiger partial charge on any atom is 0.277 e. The minimum Gasteiger partial charge on any atom is -0.489 e. The van der Waals surface area contributed by atoms with Gasteiger partial charge in [0.15, 0.2) is 6.61 Å². The summed E-state index contributed by atoms with van der Waals surface area (Å²) in [6.07, 6.45) is 1.58. The van der Waals surface area contributed by atoms with E-state index in [1.165, 1.54) is 10.8 Å². The van der Waals surface area contributed by atoms with Crippen molar-refractivity contribution in [1.82, 2.24) is 5.43 Å². The number of aryl methyl sites for hydroxylation is 1.